The molecule has 0 spiro atoms. The maximum atomic E-state index is 13.1. The van der Waals surface area contributed by atoms with Crippen LogP contribution >= 0.6 is 0 Å². The van der Waals surface area contributed by atoms with Gasteiger partial charge in [-0.1, -0.05) is 48.5 Å². The molecule has 0 saturated carbocycles. The number of pyridine rings is 1. The standard InChI is InChI=1S/C25H19N5O2/c31-25(29-21-11-4-5-12-23(21)32-17-19-10-6-7-14-26-19)20-16-28-30-22(13-15-27-24(20)30)18-8-2-1-3-9-18/h1-16H,17H2,(H,29,31). The van der Waals surface area contributed by atoms with Crippen LogP contribution in [0.15, 0.2) is 97.5 Å². The molecule has 7 nitrogen and oxygen atoms in total. The van der Waals surface area contributed by atoms with E-state index < -0.39 is 0 Å². The molecule has 0 aliphatic carbocycles. The molecule has 0 aliphatic rings. The summed E-state index contributed by atoms with van der Waals surface area (Å²) in [5.41, 5.74) is 4.07. The van der Waals surface area contributed by atoms with Gasteiger partial charge in [-0.25, -0.2) is 9.50 Å². The van der Waals surface area contributed by atoms with Crippen molar-refractivity contribution in [2.45, 2.75) is 6.61 Å². The Hall–Kier alpha value is -4.52. The van der Waals surface area contributed by atoms with Crippen LogP contribution < -0.4 is 10.1 Å². The highest BCUT2D eigenvalue weighted by Gasteiger charge is 2.17. The molecule has 5 rings (SSSR count). The lowest BCUT2D eigenvalue weighted by Crippen LogP contribution is -2.13. The van der Waals surface area contributed by atoms with Gasteiger partial charge in [0.15, 0.2) is 5.65 Å². The van der Waals surface area contributed by atoms with E-state index in [1.165, 1.54) is 6.20 Å². The zero-order valence-corrected chi connectivity index (χ0v) is 17.1. The Bertz CT molecular complexity index is 1370. The monoisotopic (exact) mass is 421 g/mol. The van der Waals surface area contributed by atoms with Gasteiger partial charge in [-0.15, -0.1) is 0 Å². The van der Waals surface area contributed by atoms with Gasteiger partial charge >= 0.3 is 0 Å². The molecule has 32 heavy (non-hydrogen) atoms. The number of ether oxygens (including phenoxy) is 1. The number of rotatable bonds is 6. The average Bonchev–Trinajstić information content (AvgIpc) is 3.29. The summed E-state index contributed by atoms with van der Waals surface area (Å²) in [6.07, 6.45) is 4.93. The predicted molar refractivity (Wildman–Crippen MR) is 121 cm³/mol. The summed E-state index contributed by atoms with van der Waals surface area (Å²) in [6.45, 7) is 0.298. The number of carbonyl (C=O) groups excluding carboxylic acids is 1. The number of fused-ring (bicyclic) bond motifs is 1. The second-order valence-corrected chi connectivity index (χ2v) is 7.05. The minimum absolute atomic E-state index is 0.298. The lowest BCUT2D eigenvalue weighted by Gasteiger charge is -2.12. The van der Waals surface area contributed by atoms with Gasteiger partial charge in [-0.2, -0.15) is 5.10 Å². The second kappa shape index (κ2) is 8.69. The minimum Gasteiger partial charge on any atom is -0.485 e. The summed E-state index contributed by atoms with van der Waals surface area (Å²) >= 11 is 0. The van der Waals surface area contributed by atoms with Crippen LogP contribution in [-0.4, -0.2) is 25.5 Å². The number of aromatic nitrogens is 4. The fourth-order valence-electron chi connectivity index (χ4n) is 3.40. The van der Waals surface area contributed by atoms with E-state index >= 15 is 0 Å². The largest absolute Gasteiger partial charge is 0.485 e. The zero-order valence-electron chi connectivity index (χ0n) is 17.1. The van der Waals surface area contributed by atoms with E-state index in [-0.39, 0.29) is 5.91 Å². The predicted octanol–water partition coefficient (Wildman–Crippen LogP) is 4.62. The molecule has 1 amide bonds. The van der Waals surface area contributed by atoms with Crippen molar-refractivity contribution < 1.29 is 9.53 Å². The quantitative estimate of drug-likeness (QED) is 0.433. The van der Waals surface area contributed by atoms with Crippen molar-refractivity contribution in [1.82, 2.24) is 19.6 Å². The van der Waals surface area contributed by atoms with E-state index in [0.29, 0.717) is 29.3 Å². The van der Waals surface area contributed by atoms with Crippen LogP contribution in [0.5, 0.6) is 5.75 Å². The van der Waals surface area contributed by atoms with Crippen molar-refractivity contribution in [2.24, 2.45) is 0 Å². The Morgan fingerprint density at radius 1 is 0.875 bits per heavy atom. The van der Waals surface area contributed by atoms with E-state index in [1.807, 2.05) is 66.7 Å². The highest BCUT2D eigenvalue weighted by atomic mass is 16.5. The fraction of sp³-hybridized carbons (Fsp3) is 0.0400. The molecule has 0 atom stereocenters. The molecule has 0 unspecified atom stereocenters. The third kappa shape index (κ3) is 3.91. The molecule has 0 fully saturated rings. The summed E-state index contributed by atoms with van der Waals surface area (Å²) in [5.74, 6) is 0.243. The van der Waals surface area contributed by atoms with E-state index in [4.69, 9.17) is 4.74 Å². The Morgan fingerprint density at radius 3 is 2.53 bits per heavy atom. The minimum atomic E-state index is -0.313. The van der Waals surface area contributed by atoms with Crippen LogP contribution in [0.3, 0.4) is 0 Å². The van der Waals surface area contributed by atoms with Gasteiger partial charge in [-0.05, 0) is 30.3 Å². The zero-order chi connectivity index (χ0) is 21.8. The third-order valence-corrected chi connectivity index (χ3v) is 4.95. The number of benzene rings is 2. The molecule has 0 aliphatic heterocycles. The number of amides is 1. The summed E-state index contributed by atoms with van der Waals surface area (Å²) in [5, 5.41) is 7.33. The van der Waals surface area contributed by atoms with E-state index in [2.05, 4.69) is 20.4 Å². The molecule has 3 heterocycles. The second-order valence-electron chi connectivity index (χ2n) is 7.05. The highest BCUT2D eigenvalue weighted by molar-refractivity contribution is 6.08. The lowest BCUT2D eigenvalue weighted by molar-refractivity contribution is 0.102. The van der Waals surface area contributed by atoms with Gasteiger partial charge in [0, 0.05) is 18.0 Å². The molecule has 1 N–H and O–H groups in total. The van der Waals surface area contributed by atoms with Crippen LogP contribution in [-0.2, 0) is 6.61 Å². The van der Waals surface area contributed by atoms with Crippen molar-refractivity contribution >= 4 is 17.2 Å². The van der Waals surface area contributed by atoms with Gasteiger partial charge in [0.2, 0.25) is 0 Å². The number of carbonyl (C=O) groups is 1. The summed E-state index contributed by atoms with van der Waals surface area (Å²) in [7, 11) is 0. The smallest absolute Gasteiger partial charge is 0.261 e. The lowest BCUT2D eigenvalue weighted by atomic mass is 10.1. The van der Waals surface area contributed by atoms with Crippen LogP contribution in [0.4, 0.5) is 5.69 Å². The number of para-hydroxylation sites is 2. The summed E-state index contributed by atoms with van der Waals surface area (Å²) in [6, 6.07) is 24.7. The molecule has 3 aromatic heterocycles. The SMILES string of the molecule is O=C(Nc1ccccc1OCc1ccccn1)c1cnn2c(-c3ccccc3)ccnc12. The van der Waals surface area contributed by atoms with E-state index in [1.54, 1.807) is 29.0 Å². The summed E-state index contributed by atoms with van der Waals surface area (Å²) < 4.78 is 7.57. The molecule has 156 valence electrons. The Morgan fingerprint density at radius 2 is 1.69 bits per heavy atom. The Balaban J connectivity index is 1.40. The molecule has 7 heteroatoms. The Labute approximate surface area is 184 Å². The first-order chi connectivity index (χ1) is 15.8. The first kappa shape index (κ1) is 19.4. The van der Waals surface area contributed by atoms with Gasteiger partial charge in [0.25, 0.3) is 5.91 Å². The molecule has 0 saturated heterocycles. The number of anilines is 1. The molecule has 2 aromatic carbocycles. The van der Waals surface area contributed by atoms with Crippen molar-refractivity contribution in [1.29, 1.82) is 0 Å². The first-order valence-electron chi connectivity index (χ1n) is 10.1. The average molecular weight is 421 g/mol. The van der Waals surface area contributed by atoms with Crippen LogP contribution in [0.1, 0.15) is 16.1 Å². The molecule has 0 bridgehead atoms. The Kier molecular flexibility index (Phi) is 5.28. The van der Waals surface area contributed by atoms with Crippen molar-refractivity contribution in [2.75, 3.05) is 5.32 Å². The van der Waals surface area contributed by atoms with Crippen LogP contribution in [0, 0.1) is 0 Å². The summed E-state index contributed by atoms with van der Waals surface area (Å²) in [4.78, 5) is 21.7. The van der Waals surface area contributed by atoms with Gasteiger partial charge in [0.05, 0.1) is 23.3 Å². The first-order valence-corrected chi connectivity index (χ1v) is 10.1. The van der Waals surface area contributed by atoms with E-state index in [9.17, 15) is 4.79 Å². The highest BCUT2D eigenvalue weighted by Crippen LogP contribution is 2.26. The maximum Gasteiger partial charge on any atom is 0.261 e. The van der Waals surface area contributed by atoms with Gasteiger partial charge in [-0.3, -0.25) is 9.78 Å². The number of nitrogens with one attached hydrogen (secondary N) is 1. The fourth-order valence-corrected chi connectivity index (χ4v) is 3.40. The molecule has 0 radical (unpaired) electrons. The molecular weight excluding hydrogens is 402 g/mol. The van der Waals surface area contributed by atoms with Gasteiger partial charge in [0.1, 0.15) is 17.9 Å². The molecular formula is C25H19N5O2. The van der Waals surface area contributed by atoms with Crippen LogP contribution in [0.2, 0.25) is 0 Å². The molecule has 5 aromatic rings. The number of hydrogen-bond acceptors (Lipinski definition) is 5. The van der Waals surface area contributed by atoms with Crippen molar-refractivity contribution in [3.05, 3.63) is 109 Å². The van der Waals surface area contributed by atoms with Crippen LogP contribution in [0.25, 0.3) is 16.9 Å². The topological polar surface area (TPSA) is 81.4 Å². The normalized spacial score (nSPS) is 10.8. The number of hydrogen-bond donors (Lipinski definition) is 1. The van der Waals surface area contributed by atoms with E-state index in [0.717, 1.165) is 17.0 Å². The van der Waals surface area contributed by atoms with Crippen molar-refractivity contribution in [3.63, 3.8) is 0 Å². The maximum absolute atomic E-state index is 13.1. The number of nitrogens with zero attached hydrogens (tertiary/aromatic N) is 4. The van der Waals surface area contributed by atoms with Gasteiger partial charge < -0.3 is 10.1 Å². The van der Waals surface area contributed by atoms with Crippen molar-refractivity contribution in [3.8, 4) is 17.0 Å². The third-order valence-electron chi connectivity index (χ3n) is 4.95.